The molecule has 0 N–H and O–H groups in total. The molecule has 0 aliphatic carbocycles. The molecule has 134 valence electrons. The molecule has 0 fully saturated rings. The number of benzene rings is 2. The Bertz CT molecular complexity index is 1020. The van der Waals surface area contributed by atoms with Gasteiger partial charge in [-0.1, -0.05) is 24.3 Å². The number of carbonyl (C=O) groups excluding carboxylic acids is 1. The van der Waals surface area contributed by atoms with E-state index in [9.17, 15) is 4.79 Å². The Balaban J connectivity index is 1.76. The minimum absolute atomic E-state index is 0.0932. The van der Waals surface area contributed by atoms with Crippen molar-refractivity contribution in [3.05, 3.63) is 77.6 Å². The number of rotatable bonds is 5. The zero-order chi connectivity index (χ0) is 19.2. The topological polar surface area (TPSA) is 69.9 Å². The van der Waals surface area contributed by atoms with Crippen molar-refractivity contribution in [2.45, 2.75) is 19.9 Å². The maximum absolute atomic E-state index is 12.7. The van der Waals surface area contributed by atoms with Crippen LogP contribution in [0.25, 0.3) is 17.1 Å². The summed E-state index contributed by atoms with van der Waals surface area (Å²) in [6.07, 6.45) is 4.88. The quantitative estimate of drug-likeness (QED) is 0.645. The number of nitriles is 1. The van der Waals surface area contributed by atoms with Gasteiger partial charge in [-0.15, -0.1) is 0 Å². The van der Waals surface area contributed by atoms with E-state index < -0.39 is 0 Å². The van der Waals surface area contributed by atoms with Crippen LogP contribution in [0.2, 0.25) is 0 Å². The summed E-state index contributed by atoms with van der Waals surface area (Å²) in [7, 11) is 0. The van der Waals surface area contributed by atoms with Gasteiger partial charge in [0.15, 0.2) is 0 Å². The molecule has 3 rings (SSSR count). The van der Waals surface area contributed by atoms with Crippen LogP contribution in [0.3, 0.4) is 0 Å². The summed E-state index contributed by atoms with van der Waals surface area (Å²) >= 11 is 0. The number of likely N-dealkylation sites (N-methyl/N-ethyl adjacent to an activating group) is 1. The van der Waals surface area contributed by atoms with Crippen LogP contribution in [0.4, 0.5) is 0 Å². The molecule has 0 bridgehead atoms. The van der Waals surface area contributed by atoms with E-state index in [1.165, 1.54) is 6.08 Å². The van der Waals surface area contributed by atoms with Crippen molar-refractivity contribution < 1.29 is 4.79 Å². The molecule has 0 saturated carbocycles. The third kappa shape index (κ3) is 4.18. The van der Waals surface area contributed by atoms with E-state index in [4.69, 9.17) is 5.26 Å². The number of carbonyl (C=O) groups is 1. The van der Waals surface area contributed by atoms with Crippen molar-refractivity contribution in [2.75, 3.05) is 6.54 Å². The molecule has 1 atom stereocenters. The van der Waals surface area contributed by atoms with Gasteiger partial charge in [-0.3, -0.25) is 9.78 Å². The summed E-state index contributed by atoms with van der Waals surface area (Å²) in [6, 6.07) is 16.9. The summed E-state index contributed by atoms with van der Waals surface area (Å²) in [4.78, 5) is 23.3. The highest BCUT2D eigenvalue weighted by atomic mass is 16.2. The second-order valence-corrected chi connectivity index (χ2v) is 6.15. The third-order valence-corrected chi connectivity index (χ3v) is 4.48. The predicted octanol–water partition coefficient (Wildman–Crippen LogP) is 4.12. The molecule has 3 aromatic rings. The van der Waals surface area contributed by atoms with Crippen molar-refractivity contribution >= 4 is 23.0 Å². The first-order valence-electron chi connectivity index (χ1n) is 8.83. The van der Waals surface area contributed by atoms with E-state index in [0.717, 1.165) is 16.6 Å². The molecule has 2 aromatic carbocycles. The maximum atomic E-state index is 12.7. The van der Waals surface area contributed by atoms with Gasteiger partial charge in [0, 0.05) is 12.6 Å². The molecule has 5 heteroatoms. The average Bonchev–Trinajstić information content (AvgIpc) is 2.72. The van der Waals surface area contributed by atoms with E-state index in [0.29, 0.717) is 17.8 Å². The number of hydrogen-bond donors (Lipinski definition) is 0. The van der Waals surface area contributed by atoms with Crippen LogP contribution < -0.4 is 0 Å². The molecule has 27 heavy (non-hydrogen) atoms. The van der Waals surface area contributed by atoms with Gasteiger partial charge in [-0.25, -0.2) is 4.98 Å². The first-order chi connectivity index (χ1) is 13.1. The highest BCUT2D eigenvalue weighted by Crippen LogP contribution is 2.21. The molecule has 0 aliphatic heterocycles. The predicted molar refractivity (Wildman–Crippen MR) is 106 cm³/mol. The molecule has 1 amide bonds. The zero-order valence-corrected chi connectivity index (χ0v) is 15.3. The van der Waals surface area contributed by atoms with Crippen molar-refractivity contribution in [1.29, 1.82) is 5.26 Å². The minimum atomic E-state index is -0.0948. The first-order valence-corrected chi connectivity index (χ1v) is 8.83. The smallest absolute Gasteiger partial charge is 0.247 e. The van der Waals surface area contributed by atoms with Crippen LogP contribution in [-0.2, 0) is 4.79 Å². The van der Waals surface area contributed by atoms with Gasteiger partial charge in [0.25, 0.3) is 0 Å². The standard InChI is InChI=1S/C22H20N4O/c1-3-26(16(2)18-10-8-17(14-23)9-11-18)22(27)13-12-19-15-24-20-6-4-5-7-21(20)25-19/h4-13,15-16H,3H2,1-2H3/b13-12+. The summed E-state index contributed by atoms with van der Waals surface area (Å²) in [5.41, 5.74) is 3.86. The molecule has 0 aliphatic rings. The molecule has 0 radical (unpaired) electrons. The van der Waals surface area contributed by atoms with Gasteiger partial charge in [-0.2, -0.15) is 5.26 Å². The maximum Gasteiger partial charge on any atom is 0.247 e. The van der Waals surface area contributed by atoms with E-state index in [1.807, 2.05) is 50.2 Å². The van der Waals surface area contributed by atoms with Crippen LogP contribution in [0.1, 0.15) is 36.7 Å². The van der Waals surface area contributed by atoms with Crippen LogP contribution in [0, 0.1) is 11.3 Å². The van der Waals surface area contributed by atoms with Crippen LogP contribution in [0.5, 0.6) is 0 Å². The Labute approximate surface area is 158 Å². The monoisotopic (exact) mass is 356 g/mol. The molecule has 1 unspecified atom stereocenters. The SMILES string of the molecule is CCN(C(=O)/C=C/c1cnc2ccccc2n1)C(C)c1ccc(C#N)cc1. The number of aromatic nitrogens is 2. The number of nitrogens with zero attached hydrogens (tertiary/aromatic N) is 4. The normalized spacial score (nSPS) is 12.0. The second-order valence-electron chi connectivity index (χ2n) is 6.15. The molecule has 0 saturated heterocycles. The van der Waals surface area contributed by atoms with Crippen LogP contribution in [0.15, 0.2) is 60.8 Å². The number of para-hydroxylation sites is 2. The largest absolute Gasteiger partial charge is 0.333 e. The van der Waals surface area contributed by atoms with Crippen molar-refractivity contribution in [3.8, 4) is 6.07 Å². The van der Waals surface area contributed by atoms with Crippen molar-refractivity contribution in [1.82, 2.24) is 14.9 Å². The fraction of sp³-hybridized carbons (Fsp3) is 0.182. The lowest BCUT2D eigenvalue weighted by molar-refractivity contribution is -0.127. The lowest BCUT2D eigenvalue weighted by atomic mass is 10.0. The van der Waals surface area contributed by atoms with E-state index in [-0.39, 0.29) is 11.9 Å². The lowest BCUT2D eigenvalue weighted by Gasteiger charge is -2.27. The second kappa shape index (κ2) is 8.24. The molecule has 0 spiro atoms. The van der Waals surface area contributed by atoms with E-state index in [1.54, 1.807) is 29.3 Å². The highest BCUT2D eigenvalue weighted by molar-refractivity contribution is 5.92. The molecular weight excluding hydrogens is 336 g/mol. The molecule has 1 aromatic heterocycles. The van der Waals surface area contributed by atoms with Gasteiger partial charge < -0.3 is 4.90 Å². The minimum Gasteiger partial charge on any atom is -0.333 e. The zero-order valence-electron chi connectivity index (χ0n) is 15.3. The Hall–Kier alpha value is -3.52. The number of fused-ring (bicyclic) bond motifs is 1. The van der Waals surface area contributed by atoms with Crippen molar-refractivity contribution in [2.24, 2.45) is 0 Å². The van der Waals surface area contributed by atoms with Crippen LogP contribution >= 0.6 is 0 Å². The van der Waals surface area contributed by atoms with Gasteiger partial charge in [0.05, 0.1) is 40.6 Å². The average molecular weight is 356 g/mol. The fourth-order valence-electron chi connectivity index (χ4n) is 2.94. The summed E-state index contributed by atoms with van der Waals surface area (Å²) in [6.45, 7) is 4.50. The van der Waals surface area contributed by atoms with Crippen molar-refractivity contribution in [3.63, 3.8) is 0 Å². The Morgan fingerprint density at radius 3 is 2.56 bits per heavy atom. The van der Waals surface area contributed by atoms with Crippen LogP contribution in [-0.4, -0.2) is 27.3 Å². The molecular formula is C22H20N4O. The Morgan fingerprint density at radius 1 is 1.19 bits per heavy atom. The fourth-order valence-corrected chi connectivity index (χ4v) is 2.94. The van der Waals surface area contributed by atoms with Gasteiger partial charge in [0.1, 0.15) is 0 Å². The van der Waals surface area contributed by atoms with E-state index in [2.05, 4.69) is 16.0 Å². The van der Waals surface area contributed by atoms with E-state index >= 15 is 0 Å². The Kier molecular flexibility index (Phi) is 5.58. The molecule has 1 heterocycles. The van der Waals surface area contributed by atoms with Gasteiger partial charge >= 0.3 is 0 Å². The van der Waals surface area contributed by atoms with Gasteiger partial charge in [0.2, 0.25) is 5.91 Å². The summed E-state index contributed by atoms with van der Waals surface area (Å²) < 4.78 is 0. The molecule has 5 nitrogen and oxygen atoms in total. The number of amides is 1. The summed E-state index contributed by atoms with van der Waals surface area (Å²) in [5.74, 6) is -0.0932. The lowest BCUT2D eigenvalue weighted by Crippen LogP contribution is -2.32. The number of hydrogen-bond acceptors (Lipinski definition) is 4. The highest BCUT2D eigenvalue weighted by Gasteiger charge is 2.18. The Morgan fingerprint density at radius 2 is 1.89 bits per heavy atom. The third-order valence-electron chi connectivity index (χ3n) is 4.48. The first kappa shape index (κ1) is 18.3. The van der Waals surface area contributed by atoms with Gasteiger partial charge in [-0.05, 0) is 49.8 Å². The summed E-state index contributed by atoms with van der Waals surface area (Å²) in [5, 5.41) is 8.92.